The number of aromatic nitrogens is 1. The van der Waals surface area contributed by atoms with Crippen LogP contribution in [0.15, 0.2) is 101 Å². The second-order valence-corrected chi connectivity index (χ2v) is 7.88. The number of benzene rings is 3. The molecule has 0 unspecified atom stereocenters. The van der Waals surface area contributed by atoms with Crippen molar-refractivity contribution in [3.63, 3.8) is 0 Å². The van der Waals surface area contributed by atoms with Crippen LogP contribution in [0.1, 0.15) is 16.9 Å². The highest BCUT2D eigenvalue weighted by atomic mass is 19.1. The maximum atomic E-state index is 13.1. The van der Waals surface area contributed by atoms with Crippen molar-refractivity contribution in [2.45, 2.75) is 6.42 Å². The lowest BCUT2D eigenvalue weighted by atomic mass is 10.1. The van der Waals surface area contributed by atoms with Gasteiger partial charge in [-0.3, -0.25) is 0 Å². The Hall–Kier alpha value is -5.12. The molecule has 0 radical (unpaired) electrons. The number of pyridine rings is 1. The molecular weight excluding hydrogens is 475 g/mol. The number of ether oxygens (including phenoxy) is 1. The highest BCUT2D eigenvalue weighted by molar-refractivity contribution is 5.89. The molecule has 0 aliphatic carbocycles. The van der Waals surface area contributed by atoms with Gasteiger partial charge in [-0.05, 0) is 72.8 Å². The third-order valence-electron chi connectivity index (χ3n) is 5.45. The number of hydrogen-bond donors (Lipinski definition) is 3. The number of nitrogens with one attached hydrogen (secondary N) is 1. The minimum absolute atomic E-state index is 0.127. The van der Waals surface area contributed by atoms with Crippen LogP contribution >= 0.6 is 0 Å². The van der Waals surface area contributed by atoms with Crippen LogP contribution in [0.5, 0.6) is 11.5 Å². The Kier molecular flexibility index (Phi) is 7.79. The first-order chi connectivity index (χ1) is 18.0. The Balaban J connectivity index is 1.69. The van der Waals surface area contributed by atoms with Gasteiger partial charge in [0, 0.05) is 29.9 Å². The number of rotatable bonds is 9. The summed E-state index contributed by atoms with van der Waals surface area (Å²) in [5, 5.41) is 16.6. The number of anilines is 2. The third-order valence-corrected chi connectivity index (χ3v) is 5.45. The molecule has 1 aromatic heterocycles. The van der Waals surface area contributed by atoms with E-state index in [2.05, 4.69) is 15.2 Å². The molecule has 0 amide bonds. The Morgan fingerprint density at radius 1 is 0.973 bits per heavy atom. The second-order valence-electron chi connectivity index (χ2n) is 7.88. The highest BCUT2D eigenvalue weighted by Crippen LogP contribution is 2.31. The van der Waals surface area contributed by atoms with Crippen LogP contribution in [-0.2, 0) is 0 Å². The number of carboxylic acid groups (broad SMARTS) is 1. The predicted molar refractivity (Wildman–Crippen MR) is 138 cm³/mol. The van der Waals surface area contributed by atoms with Crippen molar-refractivity contribution in [2.75, 3.05) is 11.4 Å². The van der Waals surface area contributed by atoms with Crippen LogP contribution in [-0.4, -0.2) is 28.4 Å². The van der Waals surface area contributed by atoms with Gasteiger partial charge in [-0.15, -0.1) is 5.11 Å². The third kappa shape index (κ3) is 6.31. The molecule has 0 fully saturated rings. The van der Waals surface area contributed by atoms with E-state index in [-0.39, 0.29) is 23.8 Å². The smallest absolute Gasteiger partial charge is 0.354 e. The molecule has 0 bridgehead atoms. The summed E-state index contributed by atoms with van der Waals surface area (Å²) < 4.78 is 18.9. The van der Waals surface area contributed by atoms with Crippen LogP contribution in [0, 0.1) is 11.3 Å². The van der Waals surface area contributed by atoms with Crippen molar-refractivity contribution in [1.82, 2.24) is 4.98 Å². The highest BCUT2D eigenvalue weighted by Gasteiger charge is 2.17. The maximum Gasteiger partial charge on any atom is 0.354 e. The fourth-order valence-electron chi connectivity index (χ4n) is 3.64. The van der Waals surface area contributed by atoms with Gasteiger partial charge in [0.2, 0.25) is 0 Å². The maximum absolute atomic E-state index is 13.1. The average Bonchev–Trinajstić information content (AvgIpc) is 2.93. The van der Waals surface area contributed by atoms with E-state index in [0.29, 0.717) is 35.0 Å². The molecular formula is C27H23FN6O3. The predicted octanol–water partition coefficient (Wildman–Crippen LogP) is 6.21. The molecule has 37 heavy (non-hydrogen) atoms. The van der Waals surface area contributed by atoms with Gasteiger partial charge in [0.15, 0.2) is 11.5 Å². The van der Waals surface area contributed by atoms with Gasteiger partial charge >= 0.3 is 5.97 Å². The monoisotopic (exact) mass is 498 g/mol. The number of para-hydroxylation sites is 1. The van der Waals surface area contributed by atoms with E-state index in [1.807, 2.05) is 35.2 Å². The number of hydrazone groups is 1. The van der Waals surface area contributed by atoms with Crippen LogP contribution < -0.4 is 15.5 Å². The van der Waals surface area contributed by atoms with Crippen LogP contribution in [0.2, 0.25) is 0 Å². The number of carbonyl (C=O) groups is 1. The molecule has 186 valence electrons. The SMILES string of the molecule is N=NC(CCN(c1ccccc1)c1cc(C(=O)O)nc(-c2ccc(Oc3ccc(F)cc3)cc2)c1)=NN. The number of nitrogens with two attached hydrogens (primary N) is 1. The van der Waals surface area contributed by atoms with Crippen molar-refractivity contribution in [2.24, 2.45) is 16.1 Å². The molecule has 0 aliphatic rings. The molecule has 1 heterocycles. The molecule has 9 nitrogen and oxygen atoms in total. The van der Waals surface area contributed by atoms with Crippen LogP contribution in [0.3, 0.4) is 0 Å². The zero-order valence-corrected chi connectivity index (χ0v) is 19.6. The molecule has 0 spiro atoms. The van der Waals surface area contributed by atoms with E-state index in [4.69, 9.17) is 16.1 Å². The van der Waals surface area contributed by atoms with Crippen LogP contribution in [0.25, 0.3) is 11.3 Å². The summed E-state index contributed by atoms with van der Waals surface area (Å²) in [7, 11) is 0. The van der Waals surface area contributed by atoms with Gasteiger partial charge in [0.25, 0.3) is 0 Å². The first-order valence-electron chi connectivity index (χ1n) is 11.2. The fraction of sp³-hybridized carbons (Fsp3) is 0.0741. The number of amidine groups is 1. The van der Waals surface area contributed by atoms with Crippen molar-refractivity contribution < 1.29 is 19.0 Å². The first-order valence-corrected chi connectivity index (χ1v) is 11.2. The summed E-state index contributed by atoms with van der Waals surface area (Å²) in [6.07, 6.45) is 0.268. The molecule has 0 saturated carbocycles. The standard InChI is InChI=1S/C27H23FN6O3/c28-19-8-12-23(13-9-19)37-22-10-6-18(7-11-22)24-16-21(17-25(31-24)27(35)36)34(15-14-26(32-29)33-30)20-4-2-1-3-5-20/h1-13,16-17,29H,14-15,30H2,(H,35,36). The molecule has 0 saturated heterocycles. The normalized spacial score (nSPS) is 11.1. The summed E-state index contributed by atoms with van der Waals surface area (Å²) in [5.41, 5.74) is 9.61. The molecule has 10 heteroatoms. The topological polar surface area (TPSA) is 137 Å². The number of carboxylic acids is 1. The first kappa shape index (κ1) is 25.0. The molecule has 0 aliphatic heterocycles. The zero-order valence-electron chi connectivity index (χ0n) is 19.6. The fourth-order valence-corrected chi connectivity index (χ4v) is 3.64. The Labute approximate surface area is 212 Å². The molecule has 4 N–H and O–H groups in total. The number of halogens is 1. The van der Waals surface area contributed by atoms with Gasteiger partial charge in [0.05, 0.1) is 5.69 Å². The largest absolute Gasteiger partial charge is 0.477 e. The van der Waals surface area contributed by atoms with Crippen molar-refractivity contribution in [3.8, 4) is 22.8 Å². The van der Waals surface area contributed by atoms with Gasteiger partial charge in [-0.2, -0.15) is 5.10 Å². The summed E-state index contributed by atoms with van der Waals surface area (Å²) in [5.74, 6) is 4.97. The van der Waals surface area contributed by atoms with Gasteiger partial charge in [-0.1, -0.05) is 18.2 Å². The van der Waals surface area contributed by atoms with Gasteiger partial charge in [-0.25, -0.2) is 19.7 Å². The second kappa shape index (κ2) is 11.5. The summed E-state index contributed by atoms with van der Waals surface area (Å²) in [6, 6.07) is 25.3. The van der Waals surface area contributed by atoms with Crippen LogP contribution in [0.4, 0.5) is 15.8 Å². The quantitative estimate of drug-likeness (QED) is 0.0825. The Morgan fingerprint density at radius 3 is 2.22 bits per heavy atom. The van der Waals surface area contributed by atoms with Gasteiger partial charge < -0.3 is 20.6 Å². The van der Waals surface area contributed by atoms with E-state index in [0.717, 1.165) is 5.69 Å². The number of nitrogens with zero attached hydrogens (tertiary/aromatic N) is 4. The van der Waals surface area contributed by atoms with Crippen molar-refractivity contribution >= 4 is 23.2 Å². The van der Waals surface area contributed by atoms with Gasteiger partial charge in [0.1, 0.15) is 17.3 Å². The van der Waals surface area contributed by atoms with E-state index in [1.54, 1.807) is 30.3 Å². The average molecular weight is 499 g/mol. The lowest BCUT2D eigenvalue weighted by Crippen LogP contribution is -2.21. The summed E-state index contributed by atoms with van der Waals surface area (Å²) in [6.45, 7) is 0.343. The Morgan fingerprint density at radius 2 is 1.62 bits per heavy atom. The van der Waals surface area contributed by atoms with Crippen molar-refractivity contribution in [1.29, 1.82) is 5.53 Å². The molecule has 4 rings (SSSR count). The van der Waals surface area contributed by atoms with Crippen molar-refractivity contribution in [3.05, 3.63) is 103 Å². The van der Waals surface area contributed by atoms with E-state index < -0.39 is 5.97 Å². The molecule has 3 aromatic carbocycles. The van der Waals surface area contributed by atoms with E-state index >= 15 is 0 Å². The lowest BCUT2D eigenvalue weighted by Gasteiger charge is -2.25. The minimum Gasteiger partial charge on any atom is -0.477 e. The zero-order chi connectivity index (χ0) is 26.2. The number of hydrogen-bond acceptors (Lipinski definition) is 7. The Bertz CT molecular complexity index is 1410. The van der Waals surface area contributed by atoms with E-state index in [9.17, 15) is 14.3 Å². The summed E-state index contributed by atoms with van der Waals surface area (Å²) in [4.78, 5) is 18.2. The van der Waals surface area contributed by atoms with E-state index in [1.165, 1.54) is 30.3 Å². The molecule has 4 aromatic rings. The summed E-state index contributed by atoms with van der Waals surface area (Å²) >= 11 is 0. The lowest BCUT2D eigenvalue weighted by molar-refractivity contribution is 0.0690. The minimum atomic E-state index is -1.17. The number of aromatic carboxylic acids is 1. The molecule has 0 atom stereocenters.